The van der Waals surface area contributed by atoms with Gasteiger partial charge >= 0.3 is 51.4 Å². The molecule has 0 aliphatic heterocycles. The molecule has 1 aromatic carbocycles. The average Bonchev–Trinajstić information content (AvgIpc) is 2.84. The first-order valence-corrected chi connectivity index (χ1v) is 8.48. The molecule has 0 spiro atoms. The average molecular weight is 317 g/mol. The van der Waals surface area contributed by atoms with Crippen molar-refractivity contribution in [1.29, 1.82) is 0 Å². The fourth-order valence-electron chi connectivity index (χ4n) is 2.20. The first kappa shape index (κ1) is 16.1. The Balaban J connectivity index is 0.00000133. The third-order valence-electron chi connectivity index (χ3n) is 3.18. The Morgan fingerprint density at radius 2 is 1.84 bits per heavy atom. The van der Waals surface area contributed by atoms with Crippen LogP contribution in [0.15, 0.2) is 30.3 Å². The van der Waals surface area contributed by atoms with Crippen molar-refractivity contribution >= 4 is 28.8 Å². The molecule has 3 nitrogen and oxygen atoms in total. The summed E-state index contributed by atoms with van der Waals surface area (Å²) in [5.74, 6) is 0. The quantitative estimate of drug-likeness (QED) is 0.506. The van der Waals surface area contributed by atoms with Crippen molar-refractivity contribution in [2.24, 2.45) is 0 Å². The van der Waals surface area contributed by atoms with E-state index in [0.717, 1.165) is 36.3 Å². The Hall–Kier alpha value is 0.676. The molecule has 3 rings (SSSR count). The van der Waals surface area contributed by atoms with Gasteiger partial charge in [0.25, 0.3) is 0 Å². The van der Waals surface area contributed by atoms with Crippen LogP contribution in [-0.2, 0) is 17.4 Å². The van der Waals surface area contributed by atoms with Crippen LogP contribution < -0.4 is 66.3 Å². The van der Waals surface area contributed by atoms with Gasteiger partial charge in [0.1, 0.15) is 12.1 Å². The Morgan fingerprint density at radius 1 is 1.16 bits per heavy atom. The van der Waals surface area contributed by atoms with E-state index in [1.807, 2.05) is 6.07 Å². The second-order valence-electron chi connectivity index (χ2n) is 4.46. The van der Waals surface area contributed by atoms with E-state index in [1.54, 1.807) is 24.3 Å². The van der Waals surface area contributed by atoms with Crippen molar-refractivity contribution in [3.63, 3.8) is 0 Å². The summed E-state index contributed by atoms with van der Waals surface area (Å²) in [5, 5.41) is 0.357. The van der Waals surface area contributed by atoms with Gasteiger partial charge in [0, 0.05) is 10.2 Å². The van der Waals surface area contributed by atoms with Crippen LogP contribution in [0.3, 0.4) is 0 Å². The van der Waals surface area contributed by atoms with Crippen molar-refractivity contribution in [1.82, 2.24) is 4.98 Å². The summed E-state index contributed by atoms with van der Waals surface area (Å²) in [6.45, 7) is 0. The normalized spacial score (nSPS) is 17.1. The van der Waals surface area contributed by atoms with Crippen molar-refractivity contribution in [2.45, 2.75) is 25.7 Å². The summed E-state index contributed by atoms with van der Waals surface area (Å²) in [7, 11) is -3.74. The van der Waals surface area contributed by atoms with Gasteiger partial charge in [0.05, 0.1) is 5.69 Å². The molecule has 19 heavy (non-hydrogen) atoms. The molecule has 94 valence electrons. The molecule has 0 fully saturated rings. The fraction of sp³-hybridized carbons (Fsp3) is 0.308. The summed E-state index contributed by atoms with van der Waals surface area (Å²) in [5.41, 5.74) is 0.994. The number of hydrogen-bond acceptors (Lipinski definition) is 4. The third kappa shape index (κ3) is 3.30. The summed E-state index contributed by atoms with van der Waals surface area (Å²) >= 11 is 1.35. The van der Waals surface area contributed by atoms with E-state index in [4.69, 9.17) is 0 Å². The molecule has 0 amide bonds. The minimum Gasteiger partial charge on any atom is -0.791 e. The number of fused-ring (bicyclic) bond motifs is 1. The van der Waals surface area contributed by atoms with Crippen LogP contribution in [-0.4, -0.2) is 4.98 Å². The Morgan fingerprint density at radius 3 is 2.53 bits per heavy atom. The number of hydrogen-bond donors (Lipinski definition) is 0. The zero-order valence-electron chi connectivity index (χ0n) is 10.8. The second-order valence-corrected chi connectivity index (χ2v) is 7.89. The smallest absolute Gasteiger partial charge is 0.791 e. The van der Waals surface area contributed by atoms with E-state index in [0.29, 0.717) is 5.30 Å². The fourth-order valence-corrected chi connectivity index (χ4v) is 5.25. The number of nitrogens with zero attached hydrogens (tertiary/aromatic N) is 1. The minimum atomic E-state index is -3.74. The summed E-state index contributed by atoms with van der Waals surface area (Å²) in [4.78, 5) is 17.9. The van der Waals surface area contributed by atoms with Gasteiger partial charge in [0.2, 0.25) is 0 Å². The molecule has 0 saturated heterocycles. The predicted molar refractivity (Wildman–Crippen MR) is 72.1 cm³/mol. The van der Waals surface area contributed by atoms with E-state index >= 15 is 0 Å². The Kier molecular flexibility index (Phi) is 5.60. The first-order chi connectivity index (χ1) is 8.68. The van der Waals surface area contributed by atoms with Crippen molar-refractivity contribution in [3.8, 4) is 0 Å². The topological polar surface area (TPSA) is 53.0 Å². The van der Waals surface area contributed by atoms with Crippen LogP contribution in [0.2, 0.25) is 0 Å². The number of thiazole rings is 1. The second kappa shape index (κ2) is 6.63. The summed E-state index contributed by atoms with van der Waals surface area (Å²) < 4.78 is 12.7. The Bertz CT molecular complexity index is 591. The van der Waals surface area contributed by atoms with Crippen LogP contribution in [0.4, 0.5) is 0 Å². The molecule has 2 aromatic rings. The van der Waals surface area contributed by atoms with Crippen LogP contribution in [0.25, 0.3) is 0 Å². The molecule has 6 heteroatoms. The standard InChI is InChI=1S/C13H14NO2PS.K/c15-17(16,10-6-2-1-3-7-10)13-14-11-8-4-5-9-12(11)18-13;/h1-3,6-7H,4-5,8-9H2,(H,15,16);/q;+1/p-1. The van der Waals surface area contributed by atoms with E-state index in [1.165, 1.54) is 11.3 Å². The largest absolute Gasteiger partial charge is 1.00 e. The summed E-state index contributed by atoms with van der Waals surface area (Å²) in [6.07, 6.45) is 4.15. The molecular weight excluding hydrogens is 304 g/mol. The number of rotatable bonds is 2. The maximum atomic E-state index is 12.4. The third-order valence-corrected chi connectivity index (χ3v) is 6.72. The van der Waals surface area contributed by atoms with Gasteiger partial charge < -0.3 is 9.46 Å². The molecule has 1 aliphatic rings. The SMILES string of the molecule is O=P([O-])(c1ccccc1)c1nc2c(s1)CCCC2.[K+]. The van der Waals surface area contributed by atoms with Crippen molar-refractivity contribution in [3.05, 3.63) is 40.9 Å². The molecule has 0 radical (unpaired) electrons. The zero-order valence-corrected chi connectivity index (χ0v) is 15.7. The number of aryl methyl sites for hydroxylation is 2. The summed E-state index contributed by atoms with van der Waals surface area (Å²) in [6, 6.07) is 8.57. The molecule has 1 aliphatic carbocycles. The van der Waals surface area contributed by atoms with Crippen LogP contribution in [0.5, 0.6) is 0 Å². The molecule has 1 atom stereocenters. The number of benzene rings is 1. The maximum Gasteiger partial charge on any atom is 1.00 e. The van der Waals surface area contributed by atoms with Gasteiger partial charge in [-0.05, 0) is 25.7 Å². The van der Waals surface area contributed by atoms with Gasteiger partial charge in [-0.25, -0.2) is 4.98 Å². The van der Waals surface area contributed by atoms with E-state index in [-0.39, 0.29) is 56.1 Å². The maximum absolute atomic E-state index is 12.4. The minimum absolute atomic E-state index is 0. The van der Waals surface area contributed by atoms with Crippen LogP contribution in [0.1, 0.15) is 23.4 Å². The van der Waals surface area contributed by atoms with E-state index in [9.17, 15) is 9.46 Å². The molecular formula is C13H13KNO2PS. The van der Waals surface area contributed by atoms with Crippen LogP contribution in [0, 0.1) is 0 Å². The van der Waals surface area contributed by atoms with E-state index in [2.05, 4.69) is 4.98 Å². The molecule has 0 bridgehead atoms. The predicted octanol–water partition coefficient (Wildman–Crippen LogP) is -1.38. The van der Waals surface area contributed by atoms with Gasteiger partial charge in [-0.15, -0.1) is 11.3 Å². The molecule has 1 unspecified atom stereocenters. The van der Waals surface area contributed by atoms with Gasteiger partial charge in [-0.2, -0.15) is 0 Å². The number of aromatic nitrogens is 1. The van der Waals surface area contributed by atoms with Crippen LogP contribution >= 0.6 is 18.7 Å². The van der Waals surface area contributed by atoms with Gasteiger partial charge in [0.15, 0.2) is 0 Å². The molecule has 1 heterocycles. The monoisotopic (exact) mass is 317 g/mol. The molecule has 0 saturated carbocycles. The molecule has 1 aromatic heterocycles. The van der Waals surface area contributed by atoms with E-state index < -0.39 is 7.37 Å². The van der Waals surface area contributed by atoms with Gasteiger partial charge in [-0.3, -0.25) is 0 Å². The van der Waals surface area contributed by atoms with Crippen molar-refractivity contribution in [2.75, 3.05) is 0 Å². The molecule has 0 N–H and O–H groups in total. The van der Waals surface area contributed by atoms with Crippen molar-refractivity contribution < 1.29 is 60.8 Å². The first-order valence-electron chi connectivity index (χ1n) is 6.04. The van der Waals surface area contributed by atoms with Gasteiger partial charge in [-0.1, -0.05) is 30.3 Å². The zero-order chi connectivity index (χ0) is 12.6. The Labute approximate surface area is 159 Å².